The Balaban J connectivity index is 0.702. The second-order valence-corrected chi connectivity index (χ2v) is 20.7. The van der Waals surface area contributed by atoms with Crippen molar-refractivity contribution in [1.29, 1.82) is 0 Å². The van der Waals surface area contributed by atoms with Crippen LogP contribution in [0.25, 0.3) is 22.9 Å². The third-order valence-electron chi connectivity index (χ3n) is 15.8. The van der Waals surface area contributed by atoms with Crippen LogP contribution in [0.3, 0.4) is 0 Å². The standard InChI is InChI=1S/C57H75N5O7/c1-34(64)30-61-51(31-59-2)56-43-10-7-8-36(43)16-20-48-47(56)29-50(62-48)53(66)33-68-55-24-35(13-21-52(55)65)12-17-42-26-40(32-63)54(69-42)11-6-4-3-5-9-41(58)25-39-15-18-44-45(57(39)67)19-14-37-28-49-38(22-23-60-49)27-46(37)44/h13-15,18-19,21-22,24,26-29,34,36,39,41,43,51,53-54,56-57,59,61,63-67H,3-12,16-17,20,23,25,30-33,58H2,1-2H3/t34-,36+,39+,41-,43-,51-,53-,54?,56-,57+/m0/s1. The van der Waals surface area contributed by atoms with E-state index in [1.54, 1.807) is 6.07 Å². The van der Waals surface area contributed by atoms with E-state index in [1.165, 1.54) is 30.1 Å². The first-order valence-corrected chi connectivity index (χ1v) is 26.0. The van der Waals surface area contributed by atoms with Crippen LogP contribution in [0.5, 0.6) is 11.5 Å². The van der Waals surface area contributed by atoms with E-state index < -0.39 is 18.3 Å². The number of allylic oxidation sites excluding steroid dienone is 1. The minimum absolute atomic E-state index is 0.00916. The van der Waals surface area contributed by atoms with Crippen molar-refractivity contribution in [3.63, 3.8) is 0 Å². The fourth-order valence-electron chi connectivity index (χ4n) is 12.2. The fourth-order valence-corrected chi connectivity index (χ4v) is 12.2. The van der Waals surface area contributed by atoms with Gasteiger partial charge in [-0.2, -0.15) is 12.0 Å². The summed E-state index contributed by atoms with van der Waals surface area (Å²) in [6.45, 7) is 3.74. The van der Waals surface area contributed by atoms with Crippen LogP contribution < -0.4 is 31.7 Å². The highest BCUT2D eigenvalue weighted by Crippen LogP contribution is 2.49. The average molecular weight is 942 g/mol. The monoisotopic (exact) mass is 942 g/mol. The van der Waals surface area contributed by atoms with Gasteiger partial charge in [0.15, 0.2) is 29.4 Å². The number of aryl methyl sites for hydroxylation is 1. The molecule has 12 heteroatoms. The molecule has 3 heterocycles. The number of aromatic hydroxyl groups is 1. The van der Waals surface area contributed by atoms with Crippen molar-refractivity contribution >= 4 is 28.6 Å². The number of ether oxygens (including phenoxy) is 2. The summed E-state index contributed by atoms with van der Waals surface area (Å²) in [5, 5.41) is 65.5. The molecule has 2 saturated carbocycles. The van der Waals surface area contributed by atoms with Crippen LogP contribution in [-0.4, -0.2) is 102 Å². The highest BCUT2D eigenvalue weighted by atomic mass is 16.5. The number of hydrogen-bond acceptors (Lipinski definition) is 12. The number of nitrogens with two attached hydrogens (primary N) is 1. The number of aliphatic hydroxyl groups is 4. The molecule has 10 atom stereocenters. The average Bonchev–Trinajstić information content (AvgIpc) is 4.17. The number of nitrogens with one attached hydrogen (secondary N) is 2. The Kier molecular flexibility index (Phi) is 16.2. The van der Waals surface area contributed by atoms with Crippen LogP contribution in [-0.2, 0) is 11.2 Å². The highest BCUT2D eigenvalue weighted by molar-refractivity contribution is 6.04. The van der Waals surface area contributed by atoms with Crippen LogP contribution >= 0.6 is 0 Å². The van der Waals surface area contributed by atoms with Gasteiger partial charge in [-0.15, -0.1) is 4.99 Å². The van der Waals surface area contributed by atoms with Crippen LogP contribution in [0.2, 0.25) is 0 Å². The van der Waals surface area contributed by atoms with Gasteiger partial charge in [0.2, 0.25) is 0 Å². The maximum Gasteiger partial charge on any atom is 0.189 e. The summed E-state index contributed by atoms with van der Waals surface area (Å²) in [6, 6.07) is 14.6. The number of likely N-dealkylation sites (N-methyl/N-ethyl adjacent to an activating group) is 1. The van der Waals surface area contributed by atoms with Gasteiger partial charge < -0.3 is 51.4 Å². The second kappa shape index (κ2) is 22.6. The lowest BCUT2D eigenvalue weighted by molar-refractivity contribution is 0.120. The maximum atomic E-state index is 11.4. The van der Waals surface area contributed by atoms with Crippen LogP contribution in [0.1, 0.15) is 113 Å². The molecule has 69 heavy (non-hydrogen) atoms. The van der Waals surface area contributed by atoms with Gasteiger partial charge in [0.1, 0.15) is 12.2 Å². The third kappa shape index (κ3) is 11.4. The number of unbranched alkanes of at least 4 members (excludes halogenated alkanes) is 3. The number of aliphatic hydroxyl groups excluding tert-OH is 4. The normalized spacial score (nSPS) is 25.3. The fraction of sp³-hybridized carbons (Fsp3) is 0.544. The van der Waals surface area contributed by atoms with E-state index in [2.05, 4.69) is 64.2 Å². The molecule has 9 N–H and O–H groups in total. The minimum atomic E-state index is -0.968. The Morgan fingerprint density at radius 2 is 1.90 bits per heavy atom. The summed E-state index contributed by atoms with van der Waals surface area (Å²) in [7, 11) is 1.97. The molecule has 2 fully saturated rings. The summed E-state index contributed by atoms with van der Waals surface area (Å²) in [5.74, 6) is 3.47. The van der Waals surface area contributed by atoms with E-state index in [0.29, 0.717) is 43.0 Å². The lowest BCUT2D eigenvalue weighted by Crippen LogP contribution is -2.49. The summed E-state index contributed by atoms with van der Waals surface area (Å²) < 4.78 is 12.5. The molecule has 0 bridgehead atoms. The first-order chi connectivity index (χ1) is 33.6. The van der Waals surface area contributed by atoms with Crippen molar-refractivity contribution in [2.24, 2.45) is 39.4 Å². The molecular weight excluding hydrogens is 867 g/mol. The first kappa shape index (κ1) is 49.3. The van der Waals surface area contributed by atoms with Gasteiger partial charge in [0.05, 0.1) is 36.1 Å². The second-order valence-electron chi connectivity index (χ2n) is 20.7. The Morgan fingerprint density at radius 3 is 2.74 bits per heavy atom. The first-order valence-electron chi connectivity index (χ1n) is 26.0. The molecule has 0 aromatic heterocycles. The lowest BCUT2D eigenvalue weighted by Gasteiger charge is -2.32. The molecule has 0 spiro atoms. The Morgan fingerprint density at radius 1 is 1.03 bits per heavy atom. The number of nitrogens with zero attached hydrogens (tertiary/aromatic N) is 2. The number of aliphatic imine (C=N–C) groups is 1. The number of rotatable bonds is 23. The molecule has 3 aromatic rings. The zero-order valence-electron chi connectivity index (χ0n) is 40.7. The van der Waals surface area contributed by atoms with E-state index in [4.69, 9.17) is 20.2 Å². The molecule has 3 aliphatic heterocycles. The number of phenols is 1. The molecule has 9 rings (SSSR count). The van der Waals surface area contributed by atoms with Gasteiger partial charge in [-0.1, -0.05) is 87.1 Å². The molecule has 0 radical (unpaired) electrons. The quantitative estimate of drug-likeness (QED) is 0.0400. The number of benzene rings is 3. The zero-order chi connectivity index (χ0) is 48.0. The number of phenolic OH excluding ortho intramolecular Hbond substituents is 1. The summed E-state index contributed by atoms with van der Waals surface area (Å²) in [4.78, 5) is 9.57. The van der Waals surface area contributed by atoms with Crippen molar-refractivity contribution in [3.8, 4) is 11.5 Å². The summed E-state index contributed by atoms with van der Waals surface area (Å²) >= 11 is 0. The predicted octanol–water partition coefficient (Wildman–Crippen LogP) is 6.21. The Bertz CT molecular complexity index is 2520. The summed E-state index contributed by atoms with van der Waals surface area (Å²) in [5.41, 5.74) is 12.0. The van der Waals surface area contributed by atoms with Gasteiger partial charge in [-0.3, -0.25) is 4.99 Å². The maximum absolute atomic E-state index is 11.4. The third-order valence-corrected chi connectivity index (χ3v) is 15.8. The largest absolute Gasteiger partial charge is 0.592 e. The molecular formula is C57H75N5O7. The highest BCUT2D eigenvalue weighted by Gasteiger charge is 2.50. The molecule has 3 aromatic carbocycles. The summed E-state index contributed by atoms with van der Waals surface area (Å²) in [6.07, 6.45) is 22.0. The van der Waals surface area contributed by atoms with Gasteiger partial charge in [-0.25, -0.2) is 0 Å². The predicted molar refractivity (Wildman–Crippen MR) is 273 cm³/mol. The van der Waals surface area contributed by atoms with E-state index >= 15 is 0 Å². The molecule has 370 valence electrons. The molecule has 12 nitrogen and oxygen atoms in total. The van der Waals surface area contributed by atoms with Crippen LogP contribution in [0.15, 0.2) is 82.0 Å². The van der Waals surface area contributed by atoms with Crippen LogP contribution in [0.4, 0.5) is 0 Å². The smallest absolute Gasteiger partial charge is 0.189 e. The van der Waals surface area contributed by atoms with Gasteiger partial charge in [-0.05, 0) is 121 Å². The minimum Gasteiger partial charge on any atom is -0.592 e. The van der Waals surface area contributed by atoms with Gasteiger partial charge >= 0.3 is 0 Å². The molecule has 0 amide bonds. The molecule has 1 unspecified atom stereocenters. The molecule has 3 aliphatic carbocycles. The van der Waals surface area contributed by atoms with E-state index in [1.807, 2.05) is 32.2 Å². The van der Waals surface area contributed by atoms with Gasteiger partial charge in [0.25, 0.3) is 0 Å². The zero-order valence-corrected chi connectivity index (χ0v) is 40.7. The van der Waals surface area contributed by atoms with Crippen molar-refractivity contribution in [2.75, 3.05) is 39.9 Å². The Hall–Kier alpha value is -4.66. The topological polar surface area (TPSA) is 194 Å². The lowest BCUT2D eigenvalue weighted by atomic mass is 9.75. The van der Waals surface area contributed by atoms with Crippen LogP contribution in [0, 0.1) is 35.6 Å². The van der Waals surface area contributed by atoms with E-state index in [0.717, 1.165) is 121 Å². The molecule has 6 aliphatic rings. The number of hydrogen-bond donors (Lipinski definition) is 8. The van der Waals surface area contributed by atoms with Crippen molar-refractivity contribution in [3.05, 3.63) is 111 Å². The van der Waals surface area contributed by atoms with Crippen molar-refractivity contribution < 1.29 is 35.0 Å². The van der Waals surface area contributed by atoms with Gasteiger partial charge in [0, 0.05) is 50.2 Å². The molecule has 0 saturated heterocycles. The van der Waals surface area contributed by atoms with E-state index in [-0.39, 0.29) is 49.0 Å². The number of fused-ring (bicyclic) bond motifs is 6. The van der Waals surface area contributed by atoms with E-state index in [9.17, 15) is 25.5 Å². The van der Waals surface area contributed by atoms with Crippen molar-refractivity contribution in [2.45, 2.75) is 133 Å². The SMILES string of the molecule is CNC[C@H](NC[C@H](C)O)[C@@H]1C2=C[C+]([C@@H](O)COc3cc(CCC4=C[C-](CO)C(CCCCCC[C@H](N)C[C@H]5C=Cc6c(ccc7cc8c(cc67)=CCN=8)[C@@H]5O)O4)ccc3O)N=C2CC[C@H]2CCC[C@@H]21. The van der Waals surface area contributed by atoms with Crippen molar-refractivity contribution in [1.82, 2.24) is 10.6 Å². The Labute approximate surface area is 408 Å².